The maximum Gasteiger partial charge on any atom is 0.243 e. The Hall–Kier alpha value is -1.85. The van der Waals surface area contributed by atoms with Gasteiger partial charge in [-0.2, -0.15) is 4.31 Å². The summed E-state index contributed by atoms with van der Waals surface area (Å²) in [6.45, 7) is 8.80. The molecule has 140 valence electrons. The summed E-state index contributed by atoms with van der Waals surface area (Å²) in [5.41, 5.74) is 4.86. The Balaban J connectivity index is 1.71. The van der Waals surface area contributed by atoms with Crippen molar-refractivity contribution in [2.24, 2.45) is 0 Å². The second kappa shape index (κ2) is 7.80. The Morgan fingerprint density at radius 2 is 1.58 bits per heavy atom. The van der Waals surface area contributed by atoms with E-state index in [1.165, 1.54) is 22.4 Å². The maximum atomic E-state index is 12.9. The normalized spacial score (nSPS) is 16.0. The highest BCUT2D eigenvalue weighted by atomic mass is 32.2. The molecular weight excluding hydrogens is 344 g/mol. The minimum Gasteiger partial charge on any atom is -0.369 e. The van der Waals surface area contributed by atoms with Crippen molar-refractivity contribution in [1.29, 1.82) is 0 Å². The molecule has 0 amide bonds. The Bertz CT molecular complexity index is 852. The molecule has 3 rings (SSSR count). The first kappa shape index (κ1) is 18.9. The molecule has 1 fully saturated rings. The van der Waals surface area contributed by atoms with Crippen LogP contribution < -0.4 is 4.90 Å². The number of hydrogen-bond donors (Lipinski definition) is 0. The van der Waals surface area contributed by atoms with Gasteiger partial charge in [0.2, 0.25) is 10.0 Å². The quantitative estimate of drug-likeness (QED) is 0.802. The molecule has 0 spiro atoms. The predicted octanol–water partition coefficient (Wildman–Crippen LogP) is 3.77. The van der Waals surface area contributed by atoms with Crippen LogP contribution in [0.4, 0.5) is 5.69 Å². The fourth-order valence-electron chi connectivity index (χ4n) is 3.50. The topological polar surface area (TPSA) is 40.6 Å². The second-order valence-electron chi connectivity index (χ2n) is 7.08. The van der Waals surface area contributed by atoms with Crippen molar-refractivity contribution in [3.63, 3.8) is 0 Å². The number of hydrogen-bond acceptors (Lipinski definition) is 3. The first-order chi connectivity index (χ1) is 12.4. The van der Waals surface area contributed by atoms with Gasteiger partial charge in [0.15, 0.2) is 0 Å². The number of piperazine rings is 1. The lowest BCUT2D eigenvalue weighted by Gasteiger charge is -2.36. The molecule has 4 nitrogen and oxygen atoms in total. The van der Waals surface area contributed by atoms with Gasteiger partial charge in [0.25, 0.3) is 0 Å². The van der Waals surface area contributed by atoms with Gasteiger partial charge in [0.05, 0.1) is 4.90 Å². The third-order valence-corrected chi connectivity index (χ3v) is 6.96. The molecule has 0 bridgehead atoms. The summed E-state index contributed by atoms with van der Waals surface area (Å²) < 4.78 is 27.5. The van der Waals surface area contributed by atoms with E-state index in [0.29, 0.717) is 18.0 Å². The van der Waals surface area contributed by atoms with Gasteiger partial charge in [-0.15, -0.1) is 0 Å². The molecule has 0 aromatic heterocycles. The minimum atomic E-state index is -3.41. The van der Waals surface area contributed by atoms with Crippen molar-refractivity contribution in [3.05, 3.63) is 59.2 Å². The molecule has 0 unspecified atom stereocenters. The fraction of sp³-hybridized carbons (Fsp3) is 0.429. The lowest BCUT2D eigenvalue weighted by molar-refractivity contribution is 0.384. The van der Waals surface area contributed by atoms with Crippen LogP contribution >= 0.6 is 0 Å². The van der Waals surface area contributed by atoms with E-state index in [-0.39, 0.29) is 0 Å². The van der Waals surface area contributed by atoms with Crippen molar-refractivity contribution in [2.45, 2.75) is 38.5 Å². The van der Waals surface area contributed by atoms with Crippen molar-refractivity contribution in [3.8, 4) is 0 Å². The highest BCUT2D eigenvalue weighted by Crippen LogP contribution is 2.25. The zero-order valence-corrected chi connectivity index (χ0v) is 16.7. The molecule has 2 aromatic rings. The Labute approximate surface area is 157 Å². The molecule has 5 heteroatoms. The van der Waals surface area contributed by atoms with Gasteiger partial charge in [-0.3, -0.25) is 0 Å². The number of rotatable bonds is 5. The Morgan fingerprint density at radius 3 is 2.19 bits per heavy atom. The molecule has 0 aliphatic carbocycles. The number of sulfonamides is 1. The molecule has 0 saturated carbocycles. The van der Waals surface area contributed by atoms with Gasteiger partial charge in [-0.05, 0) is 55.2 Å². The number of anilines is 1. The van der Waals surface area contributed by atoms with Crippen molar-refractivity contribution >= 4 is 15.7 Å². The SMILES string of the molecule is CCCc1ccc(S(=O)(=O)N2CCN(c3cc(C)ccc3C)CC2)cc1. The summed E-state index contributed by atoms with van der Waals surface area (Å²) in [5, 5.41) is 0. The lowest BCUT2D eigenvalue weighted by atomic mass is 10.1. The molecule has 0 atom stereocenters. The van der Waals surface area contributed by atoms with E-state index < -0.39 is 10.0 Å². The predicted molar refractivity (Wildman–Crippen MR) is 107 cm³/mol. The molecule has 1 aliphatic heterocycles. The van der Waals surface area contributed by atoms with Crippen LogP contribution in [-0.4, -0.2) is 38.9 Å². The van der Waals surface area contributed by atoms with Crippen LogP contribution in [0.25, 0.3) is 0 Å². The van der Waals surface area contributed by atoms with Gasteiger partial charge in [-0.25, -0.2) is 8.42 Å². The van der Waals surface area contributed by atoms with E-state index in [2.05, 4.69) is 43.9 Å². The van der Waals surface area contributed by atoms with Crippen LogP contribution in [0.15, 0.2) is 47.4 Å². The average Bonchev–Trinajstić information content (AvgIpc) is 2.64. The summed E-state index contributed by atoms with van der Waals surface area (Å²) in [7, 11) is -3.41. The van der Waals surface area contributed by atoms with Crippen LogP contribution in [0.2, 0.25) is 0 Å². The molecule has 26 heavy (non-hydrogen) atoms. The summed E-state index contributed by atoms with van der Waals surface area (Å²) in [6, 6.07) is 13.8. The highest BCUT2D eigenvalue weighted by molar-refractivity contribution is 7.89. The molecule has 1 aliphatic rings. The van der Waals surface area contributed by atoms with Crippen molar-refractivity contribution < 1.29 is 8.42 Å². The summed E-state index contributed by atoms with van der Waals surface area (Å²) >= 11 is 0. The smallest absolute Gasteiger partial charge is 0.243 e. The largest absolute Gasteiger partial charge is 0.369 e. The number of nitrogens with zero attached hydrogens (tertiary/aromatic N) is 2. The van der Waals surface area contributed by atoms with E-state index in [4.69, 9.17) is 0 Å². The van der Waals surface area contributed by atoms with Crippen LogP contribution in [0, 0.1) is 13.8 Å². The Morgan fingerprint density at radius 1 is 0.923 bits per heavy atom. The fourth-order valence-corrected chi connectivity index (χ4v) is 4.92. The van der Waals surface area contributed by atoms with E-state index in [9.17, 15) is 8.42 Å². The van der Waals surface area contributed by atoms with Crippen LogP contribution in [0.1, 0.15) is 30.0 Å². The molecule has 1 saturated heterocycles. The van der Waals surface area contributed by atoms with Crippen LogP contribution in [0.3, 0.4) is 0 Å². The number of aryl methyl sites for hydroxylation is 3. The number of benzene rings is 2. The Kier molecular flexibility index (Phi) is 5.68. The van der Waals surface area contributed by atoms with Crippen LogP contribution in [0.5, 0.6) is 0 Å². The maximum absolute atomic E-state index is 12.9. The third-order valence-electron chi connectivity index (χ3n) is 5.04. The van der Waals surface area contributed by atoms with Gasteiger partial charge in [0.1, 0.15) is 0 Å². The molecule has 2 aromatic carbocycles. The monoisotopic (exact) mass is 372 g/mol. The summed E-state index contributed by atoms with van der Waals surface area (Å²) in [6.07, 6.45) is 2.04. The van der Waals surface area contributed by atoms with Crippen LogP contribution in [-0.2, 0) is 16.4 Å². The van der Waals surface area contributed by atoms with Gasteiger partial charge >= 0.3 is 0 Å². The lowest BCUT2D eigenvalue weighted by Crippen LogP contribution is -2.48. The first-order valence-corrected chi connectivity index (χ1v) is 10.8. The van der Waals surface area contributed by atoms with Crippen molar-refractivity contribution in [1.82, 2.24) is 4.31 Å². The summed E-state index contributed by atoms with van der Waals surface area (Å²) in [5.74, 6) is 0. The van der Waals surface area contributed by atoms with Gasteiger partial charge in [-0.1, -0.05) is 37.6 Å². The van der Waals surface area contributed by atoms with Gasteiger partial charge < -0.3 is 4.90 Å². The van der Waals surface area contributed by atoms with Gasteiger partial charge in [0, 0.05) is 31.9 Å². The third kappa shape index (κ3) is 3.94. The van der Waals surface area contributed by atoms with E-state index in [1.54, 1.807) is 16.4 Å². The highest BCUT2D eigenvalue weighted by Gasteiger charge is 2.28. The van der Waals surface area contributed by atoms with E-state index >= 15 is 0 Å². The first-order valence-electron chi connectivity index (χ1n) is 9.33. The molecule has 1 heterocycles. The second-order valence-corrected chi connectivity index (χ2v) is 9.01. The van der Waals surface area contributed by atoms with Crippen molar-refractivity contribution in [2.75, 3.05) is 31.1 Å². The average molecular weight is 373 g/mol. The zero-order chi connectivity index (χ0) is 18.7. The standard InChI is InChI=1S/C21H28N2O2S/c1-4-5-19-8-10-20(11-9-19)26(24,25)23-14-12-22(13-15-23)21-16-17(2)6-7-18(21)3/h6-11,16H,4-5,12-15H2,1-3H3. The minimum absolute atomic E-state index is 0.400. The summed E-state index contributed by atoms with van der Waals surface area (Å²) in [4.78, 5) is 2.69. The molecule has 0 N–H and O–H groups in total. The molecular formula is C21H28N2O2S. The van der Waals surface area contributed by atoms with E-state index in [1.807, 2.05) is 12.1 Å². The van der Waals surface area contributed by atoms with E-state index in [0.717, 1.165) is 25.9 Å². The molecule has 0 radical (unpaired) electrons. The zero-order valence-electron chi connectivity index (χ0n) is 15.9.